The van der Waals surface area contributed by atoms with Gasteiger partial charge in [0.15, 0.2) is 0 Å². The number of carbonyl (C=O) groups is 1. The van der Waals surface area contributed by atoms with Crippen LogP contribution in [-0.4, -0.2) is 112 Å². The molecule has 240 valence electrons. The van der Waals surface area contributed by atoms with Gasteiger partial charge in [-0.2, -0.15) is 0 Å². The van der Waals surface area contributed by atoms with Gasteiger partial charge in [-0.15, -0.1) is 0 Å². The molecule has 1 fully saturated rings. The molecule has 1 aliphatic rings. The molecule has 6 N–H and O–H groups in total. The molecule has 0 spiro atoms. The first-order valence-electron chi connectivity index (χ1n) is 14.8. The second kappa shape index (κ2) is 16.5. The van der Waals surface area contributed by atoms with Crippen LogP contribution in [0.5, 0.6) is 0 Å². The minimum atomic E-state index is -1.49. The molecule has 0 aliphatic carbocycles. The van der Waals surface area contributed by atoms with Gasteiger partial charge in [-0.1, -0.05) is 84.4 Å². The van der Waals surface area contributed by atoms with Gasteiger partial charge in [-0.3, -0.25) is 4.79 Å². The zero-order chi connectivity index (χ0) is 32.3. The molecule has 1 saturated heterocycles. The van der Waals surface area contributed by atoms with E-state index in [9.17, 15) is 9.90 Å². The summed E-state index contributed by atoms with van der Waals surface area (Å²) in [6.45, 7) is 1.03. The molecule has 0 radical (unpaired) electrons. The normalized spacial score (nSPS) is 17.1. The minimum Gasteiger partial charge on any atom is -0.394 e. The van der Waals surface area contributed by atoms with Gasteiger partial charge in [0.2, 0.25) is 5.91 Å². The number of likely N-dealkylation sites (N-methyl/N-ethyl adjacent to an activating group) is 1. The Morgan fingerprint density at radius 3 is 1.70 bits per heavy atom. The Bertz CT molecular complexity index is 1220. The SMILES string of the molecule is CN(C)C(=O)C(CCN1CCC(O)(c2ccc(Cl)cc2)CC1)(c1ccccc1)c1ccccc1.OC[C@@H](O)[C@H](O)[C@@H](O)CO. The third-order valence-corrected chi connectivity index (χ3v) is 8.59. The molecule has 1 heterocycles. The summed E-state index contributed by atoms with van der Waals surface area (Å²) in [5, 5.41) is 54.5. The number of hydrogen-bond acceptors (Lipinski definition) is 8. The summed E-state index contributed by atoms with van der Waals surface area (Å²) in [6, 6.07) is 27.7. The van der Waals surface area contributed by atoms with Gasteiger partial charge in [0, 0.05) is 32.2 Å². The Hall–Kier alpha value is -2.86. The van der Waals surface area contributed by atoms with E-state index in [-0.39, 0.29) is 5.91 Å². The number of halogens is 1. The summed E-state index contributed by atoms with van der Waals surface area (Å²) in [7, 11) is 3.66. The van der Waals surface area contributed by atoms with Crippen LogP contribution in [0.15, 0.2) is 84.9 Å². The van der Waals surface area contributed by atoms with Crippen LogP contribution in [0.1, 0.15) is 36.0 Å². The second-order valence-corrected chi connectivity index (χ2v) is 11.9. The van der Waals surface area contributed by atoms with E-state index in [0.717, 1.165) is 36.3 Å². The molecule has 0 bridgehead atoms. The third kappa shape index (κ3) is 8.65. The number of benzene rings is 3. The summed E-state index contributed by atoms with van der Waals surface area (Å²) < 4.78 is 0. The van der Waals surface area contributed by atoms with Crippen molar-refractivity contribution in [2.75, 3.05) is 46.9 Å². The van der Waals surface area contributed by atoms with Crippen LogP contribution in [0.4, 0.5) is 0 Å². The fraction of sp³-hybridized carbons (Fsp3) is 0.441. The number of carbonyl (C=O) groups excluding carboxylic acids is 1. The van der Waals surface area contributed by atoms with Crippen molar-refractivity contribution in [1.82, 2.24) is 9.80 Å². The van der Waals surface area contributed by atoms with E-state index in [2.05, 4.69) is 29.2 Å². The van der Waals surface area contributed by atoms with Crippen LogP contribution in [0.2, 0.25) is 5.02 Å². The molecule has 0 unspecified atom stereocenters. The highest BCUT2D eigenvalue weighted by molar-refractivity contribution is 6.30. The topological polar surface area (TPSA) is 145 Å². The summed E-state index contributed by atoms with van der Waals surface area (Å²) >= 11 is 6.03. The molecule has 4 rings (SSSR count). The molecule has 1 amide bonds. The number of hydrogen-bond donors (Lipinski definition) is 6. The van der Waals surface area contributed by atoms with Crippen LogP contribution in [0.25, 0.3) is 0 Å². The minimum absolute atomic E-state index is 0.0829. The molecular formula is C34H45ClN2O7. The van der Waals surface area contributed by atoms with Crippen molar-refractivity contribution in [2.45, 2.75) is 48.6 Å². The predicted octanol–water partition coefficient (Wildman–Crippen LogP) is 2.14. The van der Waals surface area contributed by atoms with Crippen LogP contribution < -0.4 is 0 Å². The average Bonchev–Trinajstić information content (AvgIpc) is 3.06. The zero-order valence-electron chi connectivity index (χ0n) is 25.3. The van der Waals surface area contributed by atoms with E-state index in [1.807, 2.05) is 74.8 Å². The predicted molar refractivity (Wildman–Crippen MR) is 170 cm³/mol. The van der Waals surface area contributed by atoms with Crippen molar-refractivity contribution in [3.05, 3.63) is 107 Å². The largest absolute Gasteiger partial charge is 0.394 e. The van der Waals surface area contributed by atoms with Crippen LogP contribution in [-0.2, 0) is 15.8 Å². The monoisotopic (exact) mass is 628 g/mol. The van der Waals surface area contributed by atoms with Crippen molar-refractivity contribution in [1.29, 1.82) is 0 Å². The lowest BCUT2D eigenvalue weighted by Gasteiger charge is -2.41. The van der Waals surface area contributed by atoms with Gasteiger partial charge in [0.25, 0.3) is 0 Å². The molecule has 3 atom stereocenters. The van der Waals surface area contributed by atoms with E-state index >= 15 is 0 Å². The molecule has 0 aromatic heterocycles. The molecule has 1 aliphatic heterocycles. The fourth-order valence-corrected chi connectivity index (χ4v) is 5.76. The Morgan fingerprint density at radius 2 is 1.30 bits per heavy atom. The number of nitrogens with zero attached hydrogens (tertiary/aromatic N) is 2. The maximum absolute atomic E-state index is 13.8. The van der Waals surface area contributed by atoms with Crippen LogP contribution in [0, 0.1) is 0 Å². The average molecular weight is 629 g/mol. The Balaban J connectivity index is 0.000000456. The molecule has 3 aromatic carbocycles. The van der Waals surface area contributed by atoms with E-state index in [4.69, 9.17) is 37.1 Å². The first-order valence-corrected chi connectivity index (χ1v) is 15.2. The molecular weight excluding hydrogens is 584 g/mol. The van der Waals surface area contributed by atoms with E-state index in [1.165, 1.54) is 0 Å². The summed E-state index contributed by atoms with van der Waals surface area (Å²) in [4.78, 5) is 17.9. The summed E-state index contributed by atoms with van der Waals surface area (Å²) in [6.07, 6.45) is -2.32. The molecule has 9 nitrogen and oxygen atoms in total. The van der Waals surface area contributed by atoms with Crippen LogP contribution in [0.3, 0.4) is 0 Å². The first-order chi connectivity index (χ1) is 21.0. The first kappa shape index (κ1) is 35.6. The Morgan fingerprint density at radius 1 is 0.841 bits per heavy atom. The molecule has 3 aromatic rings. The zero-order valence-corrected chi connectivity index (χ0v) is 26.1. The number of piperidine rings is 1. The maximum Gasteiger partial charge on any atom is 0.237 e. The molecule has 0 saturated carbocycles. The van der Waals surface area contributed by atoms with Crippen molar-refractivity contribution in [3.8, 4) is 0 Å². The highest BCUT2D eigenvalue weighted by atomic mass is 35.5. The van der Waals surface area contributed by atoms with E-state index in [0.29, 0.717) is 24.3 Å². The second-order valence-electron chi connectivity index (χ2n) is 11.5. The molecule has 10 heteroatoms. The molecule has 44 heavy (non-hydrogen) atoms. The quantitative estimate of drug-likeness (QED) is 0.190. The van der Waals surface area contributed by atoms with Crippen molar-refractivity contribution in [3.63, 3.8) is 0 Å². The maximum atomic E-state index is 13.8. The Labute approximate surface area is 264 Å². The van der Waals surface area contributed by atoms with Gasteiger partial charge in [0.05, 0.1) is 18.8 Å². The number of amides is 1. The number of aliphatic hydroxyl groups excluding tert-OH is 5. The van der Waals surface area contributed by atoms with Crippen molar-refractivity contribution < 1.29 is 35.4 Å². The summed E-state index contributed by atoms with van der Waals surface area (Å²) in [5.41, 5.74) is 1.33. The van der Waals surface area contributed by atoms with Crippen LogP contribution >= 0.6 is 11.6 Å². The smallest absolute Gasteiger partial charge is 0.237 e. The number of aliphatic hydroxyl groups is 6. The van der Waals surface area contributed by atoms with E-state index < -0.39 is 42.5 Å². The number of rotatable bonds is 11. The standard InChI is InChI=1S/C29H33ClN2O2.C5H12O5/c1-31(2)27(33)29(24-9-5-3-6-10-24,25-11-7-4-8-12-25)19-22-32-20-17-28(34,18-21-32)23-13-15-26(30)16-14-23;6-1-3(8)5(10)4(9)2-7/h3-16,34H,17-22H2,1-2H3;3-10H,1-2H2/t;3-,4+,5+. The lowest BCUT2D eigenvalue weighted by Crippen LogP contribution is -2.48. The van der Waals surface area contributed by atoms with Gasteiger partial charge >= 0.3 is 0 Å². The van der Waals surface area contributed by atoms with Gasteiger partial charge in [-0.05, 0) is 54.6 Å². The lowest BCUT2D eigenvalue weighted by molar-refractivity contribution is -0.133. The van der Waals surface area contributed by atoms with E-state index in [1.54, 1.807) is 4.90 Å². The summed E-state index contributed by atoms with van der Waals surface area (Å²) in [5.74, 6) is 0.0829. The number of likely N-dealkylation sites (tertiary alicyclic amines) is 1. The third-order valence-electron chi connectivity index (χ3n) is 8.33. The highest BCUT2D eigenvalue weighted by Crippen LogP contribution is 2.39. The van der Waals surface area contributed by atoms with Crippen molar-refractivity contribution in [2.24, 2.45) is 0 Å². The highest BCUT2D eigenvalue weighted by Gasteiger charge is 2.43. The van der Waals surface area contributed by atoms with Gasteiger partial charge in [-0.25, -0.2) is 0 Å². The fourth-order valence-electron chi connectivity index (χ4n) is 5.63. The van der Waals surface area contributed by atoms with Gasteiger partial charge < -0.3 is 40.4 Å². The van der Waals surface area contributed by atoms with Gasteiger partial charge in [0.1, 0.15) is 23.7 Å². The Kier molecular flexibility index (Phi) is 13.3. The van der Waals surface area contributed by atoms with Crippen molar-refractivity contribution >= 4 is 17.5 Å². The lowest BCUT2D eigenvalue weighted by atomic mass is 9.70.